The van der Waals surface area contributed by atoms with Gasteiger partial charge in [0.25, 0.3) is 0 Å². The molecule has 0 radical (unpaired) electrons. The Balaban J connectivity index is 1.87. The summed E-state index contributed by atoms with van der Waals surface area (Å²) in [7, 11) is 2.64. The predicted molar refractivity (Wildman–Crippen MR) is 120 cm³/mol. The lowest BCUT2D eigenvalue weighted by Gasteiger charge is -2.31. The molecule has 0 saturated heterocycles. The van der Waals surface area contributed by atoms with E-state index >= 15 is 0 Å². The van der Waals surface area contributed by atoms with Crippen LogP contribution in [0.4, 0.5) is 10.1 Å². The molecule has 0 aromatic heterocycles. The Bertz CT molecular complexity index is 1140. The fourth-order valence-electron chi connectivity index (χ4n) is 3.39. The molecule has 1 heterocycles. The first-order valence-corrected chi connectivity index (χ1v) is 10.7. The Labute approximate surface area is 193 Å². The largest absolute Gasteiger partial charge is 0.497 e. The van der Waals surface area contributed by atoms with Crippen LogP contribution in [0.1, 0.15) is 11.5 Å². The normalized spacial score (nSPS) is 17.6. The van der Waals surface area contributed by atoms with Gasteiger partial charge in [0, 0.05) is 11.6 Å². The summed E-state index contributed by atoms with van der Waals surface area (Å²) in [4.78, 5) is 37.5. The SMILES string of the molecule is COC(=O)[C@@H]1C(=O)NC(SCC(=O)Nc2ccc(OC)cc2)=C(C#N)[C@@H]1c1ccccc1F. The molecule has 0 bridgehead atoms. The van der Waals surface area contributed by atoms with Crippen molar-refractivity contribution in [1.82, 2.24) is 5.32 Å². The van der Waals surface area contributed by atoms with E-state index in [4.69, 9.17) is 9.47 Å². The van der Waals surface area contributed by atoms with Crippen LogP contribution in [0.25, 0.3) is 0 Å². The van der Waals surface area contributed by atoms with Gasteiger partial charge in [0.05, 0.1) is 36.6 Å². The standard InChI is InChI=1S/C23H20FN3O5S/c1-31-14-9-7-13(8-10-14)26-18(28)12-33-22-16(11-25)19(15-5-3-4-6-17(15)24)20(21(29)27-22)23(30)32-2/h3-10,19-20H,12H2,1-2H3,(H,26,28)(H,27,29)/t19-,20-/m0/s1. The molecule has 0 aliphatic carbocycles. The number of hydrogen-bond donors (Lipinski definition) is 2. The maximum atomic E-state index is 14.6. The molecule has 2 aromatic rings. The van der Waals surface area contributed by atoms with E-state index < -0.39 is 29.5 Å². The van der Waals surface area contributed by atoms with Crippen LogP contribution in [0.2, 0.25) is 0 Å². The van der Waals surface area contributed by atoms with Gasteiger partial charge in [-0.3, -0.25) is 14.4 Å². The Morgan fingerprint density at radius 1 is 1.18 bits per heavy atom. The molecule has 3 rings (SSSR count). The Kier molecular flexibility index (Phi) is 7.69. The Morgan fingerprint density at radius 2 is 1.88 bits per heavy atom. The molecule has 33 heavy (non-hydrogen) atoms. The maximum Gasteiger partial charge on any atom is 0.319 e. The number of rotatable bonds is 7. The Hall–Kier alpha value is -3.84. The van der Waals surface area contributed by atoms with Gasteiger partial charge in [0.1, 0.15) is 17.5 Å². The minimum absolute atomic E-state index is 0.0140. The molecule has 1 aliphatic rings. The number of carbonyl (C=O) groups excluding carboxylic acids is 3. The highest BCUT2D eigenvalue weighted by Gasteiger charge is 2.45. The lowest BCUT2D eigenvalue weighted by molar-refractivity contribution is -0.150. The highest BCUT2D eigenvalue weighted by molar-refractivity contribution is 8.03. The molecular formula is C23H20FN3O5S. The summed E-state index contributed by atoms with van der Waals surface area (Å²) in [6.45, 7) is 0. The van der Waals surface area contributed by atoms with Crippen molar-refractivity contribution in [3.8, 4) is 11.8 Å². The second-order valence-electron chi connectivity index (χ2n) is 6.91. The highest BCUT2D eigenvalue weighted by Crippen LogP contribution is 2.41. The van der Waals surface area contributed by atoms with E-state index in [-0.39, 0.29) is 27.8 Å². The van der Waals surface area contributed by atoms with Crippen LogP contribution >= 0.6 is 11.8 Å². The second kappa shape index (κ2) is 10.7. The fraction of sp³-hybridized carbons (Fsp3) is 0.217. The number of halogens is 1. The number of allylic oxidation sites excluding steroid dienone is 1. The fourth-order valence-corrected chi connectivity index (χ4v) is 4.24. The third-order valence-corrected chi connectivity index (χ3v) is 5.96. The van der Waals surface area contributed by atoms with Gasteiger partial charge in [-0.2, -0.15) is 5.26 Å². The average Bonchev–Trinajstić information content (AvgIpc) is 2.82. The van der Waals surface area contributed by atoms with E-state index in [9.17, 15) is 24.0 Å². The van der Waals surface area contributed by atoms with Crippen LogP contribution in [0.15, 0.2) is 59.1 Å². The van der Waals surface area contributed by atoms with Gasteiger partial charge in [0.2, 0.25) is 11.8 Å². The van der Waals surface area contributed by atoms with Crippen LogP contribution in [0, 0.1) is 23.1 Å². The first kappa shape index (κ1) is 23.8. The minimum atomic E-state index is -1.45. The van der Waals surface area contributed by atoms with Crippen molar-refractivity contribution in [3.63, 3.8) is 0 Å². The van der Waals surface area contributed by atoms with Crippen molar-refractivity contribution in [2.45, 2.75) is 5.92 Å². The van der Waals surface area contributed by atoms with Gasteiger partial charge in [-0.25, -0.2) is 4.39 Å². The van der Waals surface area contributed by atoms with Gasteiger partial charge in [-0.15, -0.1) is 0 Å². The molecule has 2 N–H and O–H groups in total. The van der Waals surface area contributed by atoms with Crippen LogP contribution < -0.4 is 15.4 Å². The van der Waals surface area contributed by atoms with Crippen molar-refractivity contribution < 1.29 is 28.2 Å². The number of thioether (sulfide) groups is 1. The van der Waals surface area contributed by atoms with E-state index in [2.05, 4.69) is 10.6 Å². The number of carbonyl (C=O) groups is 3. The number of benzene rings is 2. The molecule has 2 atom stereocenters. The maximum absolute atomic E-state index is 14.6. The van der Waals surface area contributed by atoms with Crippen molar-refractivity contribution in [1.29, 1.82) is 5.26 Å². The van der Waals surface area contributed by atoms with Crippen LogP contribution in [-0.4, -0.2) is 37.8 Å². The van der Waals surface area contributed by atoms with E-state index in [0.29, 0.717) is 11.4 Å². The Morgan fingerprint density at radius 3 is 2.48 bits per heavy atom. The first-order chi connectivity index (χ1) is 15.9. The van der Waals surface area contributed by atoms with Gasteiger partial charge in [0.15, 0.2) is 0 Å². The number of methoxy groups -OCH3 is 2. The smallest absolute Gasteiger partial charge is 0.319 e. The molecule has 0 saturated carbocycles. The van der Waals surface area contributed by atoms with Crippen molar-refractivity contribution >= 4 is 35.2 Å². The number of esters is 1. The predicted octanol–water partition coefficient (Wildman–Crippen LogP) is 2.94. The van der Waals surface area contributed by atoms with E-state index in [1.54, 1.807) is 30.3 Å². The third-order valence-electron chi connectivity index (χ3n) is 4.95. The van der Waals surface area contributed by atoms with Gasteiger partial charge >= 0.3 is 5.97 Å². The summed E-state index contributed by atoms with van der Waals surface area (Å²) >= 11 is 0.908. The number of nitriles is 1. The van der Waals surface area contributed by atoms with Gasteiger partial charge < -0.3 is 20.1 Å². The molecule has 10 heteroatoms. The molecule has 2 amide bonds. The van der Waals surface area contributed by atoms with Crippen LogP contribution in [-0.2, 0) is 19.1 Å². The molecule has 0 unspecified atom stereocenters. The summed E-state index contributed by atoms with van der Waals surface area (Å²) in [6, 6.07) is 14.3. The number of nitrogens with one attached hydrogen (secondary N) is 2. The molecule has 0 spiro atoms. The molecular weight excluding hydrogens is 449 g/mol. The number of hydrogen-bond acceptors (Lipinski definition) is 7. The summed E-state index contributed by atoms with van der Waals surface area (Å²) in [5.74, 6) is -4.83. The number of ether oxygens (including phenoxy) is 2. The lowest BCUT2D eigenvalue weighted by Crippen LogP contribution is -2.44. The summed E-state index contributed by atoms with van der Waals surface area (Å²) < 4.78 is 24.4. The second-order valence-corrected chi connectivity index (χ2v) is 7.89. The number of anilines is 1. The number of nitrogens with zero attached hydrogens (tertiary/aromatic N) is 1. The quantitative estimate of drug-likeness (QED) is 0.473. The zero-order chi connectivity index (χ0) is 24.0. The molecule has 8 nitrogen and oxygen atoms in total. The van der Waals surface area contributed by atoms with E-state index in [1.165, 1.54) is 25.3 Å². The highest BCUT2D eigenvalue weighted by atomic mass is 32.2. The average molecular weight is 469 g/mol. The molecule has 170 valence electrons. The zero-order valence-electron chi connectivity index (χ0n) is 17.8. The van der Waals surface area contributed by atoms with Crippen molar-refractivity contribution in [2.24, 2.45) is 5.92 Å². The first-order valence-electron chi connectivity index (χ1n) is 9.73. The van der Waals surface area contributed by atoms with E-state index in [0.717, 1.165) is 18.9 Å². The summed E-state index contributed by atoms with van der Waals surface area (Å²) in [5.41, 5.74) is 0.524. The minimum Gasteiger partial charge on any atom is -0.497 e. The number of amides is 2. The van der Waals surface area contributed by atoms with Crippen molar-refractivity contribution in [3.05, 3.63) is 70.5 Å². The molecule has 0 fully saturated rings. The topological polar surface area (TPSA) is 118 Å². The van der Waals surface area contributed by atoms with Gasteiger partial charge in [-0.05, 0) is 35.9 Å². The molecule has 2 aromatic carbocycles. The van der Waals surface area contributed by atoms with E-state index in [1.807, 2.05) is 6.07 Å². The monoisotopic (exact) mass is 469 g/mol. The van der Waals surface area contributed by atoms with Gasteiger partial charge in [-0.1, -0.05) is 30.0 Å². The molecule has 1 aliphatic heterocycles. The summed E-state index contributed by atoms with van der Waals surface area (Å²) in [5, 5.41) is 15.1. The van der Waals surface area contributed by atoms with Crippen molar-refractivity contribution in [2.75, 3.05) is 25.3 Å². The lowest BCUT2D eigenvalue weighted by atomic mass is 9.78. The van der Waals surface area contributed by atoms with Crippen LogP contribution in [0.3, 0.4) is 0 Å². The third kappa shape index (κ3) is 5.32. The summed E-state index contributed by atoms with van der Waals surface area (Å²) in [6.07, 6.45) is 0. The zero-order valence-corrected chi connectivity index (χ0v) is 18.6. The van der Waals surface area contributed by atoms with Crippen LogP contribution in [0.5, 0.6) is 5.75 Å².